The number of benzene rings is 1. The summed E-state index contributed by atoms with van der Waals surface area (Å²) in [5, 5.41) is 14.3. The van der Waals surface area contributed by atoms with E-state index in [0.29, 0.717) is 23.6 Å². The van der Waals surface area contributed by atoms with E-state index in [1.807, 2.05) is 19.9 Å². The molecule has 1 aromatic heterocycles. The van der Waals surface area contributed by atoms with Gasteiger partial charge in [-0.05, 0) is 19.0 Å². The van der Waals surface area contributed by atoms with Gasteiger partial charge in [-0.1, -0.05) is 19.1 Å². The molecule has 0 aliphatic heterocycles. The molecule has 0 saturated heterocycles. The first kappa shape index (κ1) is 14.2. The molecule has 6 heteroatoms. The van der Waals surface area contributed by atoms with Crippen LogP contribution in [0.5, 0.6) is 0 Å². The highest BCUT2D eigenvalue weighted by Crippen LogP contribution is 2.33. The molecule has 0 aliphatic carbocycles. The van der Waals surface area contributed by atoms with Crippen LogP contribution in [0.2, 0.25) is 0 Å². The lowest BCUT2D eigenvalue weighted by Gasteiger charge is -2.03. The zero-order valence-electron chi connectivity index (χ0n) is 11.5. The molecular formula is C14H17N3O3. The normalized spacial score (nSPS) is 10.7. The van der Waals surface area contributed by atoms with Crippen LogP contribution in [0, 0.1) is 17.0 Å². The molecule has 0 amide bonds. The minimum absolute atomic E-state index is 0.0411. The second-order valence-electron chi connectivity index (χ2n) is 4.45. The lowest BCUT2D eigenvalue weighted by Crippen LogP contribution is -2.16. The van der Waals surface area contributed by atoms with Gasteiger partial charge in [0.1, 0.15) is 0 Å². The van der Waals surface area contributed by atoms with Gasteiger partial charge in [0.25, 0.3) is 5.69 Å². The molecule has 0 aliphatic rings. The summed E-state index contributed by atoms with van der Waals surface area (Å²) in [5.41, 5.74) is 1.34. The topological polar surface area (TPSA) is 81.2 Å². The van der Waals surface area contributed by atoms with Crippen LogP contribution in [-0.2, 0) is 6.42 Å². The molecule has 0 bridgehead atoms. The van der Waals surface area contributed by atoms with Crippen molar-refractivity contribution in [3.63, 3.8) is 0 Å². The number of rotatable bonds is 6. The maximum absolute atomic E-state index is 11.1. The summed E-state index contributed by atoms with van der Waals surface area (Å²) in [6.45, 7) is 5.50. The molecule has 2 aromatic rings. The van der Waals surface area contributed by atoms with Crippen molar-refractivity contribution in [3.05, 3.63) is 46.0 Å². The van der Waals surface area contributed by atoms with E-state index >= 15 is 0 Å². The van der Waals surface area contributed by atoms with E-state index in [9.17, 15) is 10.1 Å². The van der Waals surface area contributed by atoms with E-state index in [2.05, 4.69) is 10.3 Å². The Balaban J connectivity index is 2.30. The third-order valence-corrected chi connectivity index (χ3v) is 3.01. The average Bonchev–Trinajstić information content (AvgIpc) is 2.87. The van der Waals surface area contributed by atoms with Crippen molar-refractivity contribution in [1.29, 1.82) is 0 Å². The molecule has 6 nitrogen and oxygen atoms in total. The third-order valence-electron chi connectivity index (χ3n) is 3.01. The van der Waals surface area contributed by atoms with E-state index in [0.717, 1.165) is 18.7 Å². The van der Waals surface area contributed by atoms with E-state index in [1.54, 1.807) is 12.3 Å². The van der Waals surface area contributed by atoms with Crippen LogP contribution < -0.4 is 5.32 Å². The number of aromatic nitrogens is 1. The second-order valence-corrected chi connectivity index (χ2v) is 4.45. The predicted molar refractivity (Wildman–Crippen MR) is 75.6 cm³/mol. The van der Waals surface area contributed by atoms with Crippen LogP contribution in [-0.4, -0.2) is 23.0 Å². The number of oxazole rings is 1. The first-order valence-corrected chi connectivity index (χ1v) is 6.53. The minimum Gasteiger partial charge on any atom is -0.440 e. The Kier molecular flexibility index (Phi) is 4.47. The standard InChI is InChI=1S/C14H17N3O3/c1-3-15-8-7-13-16-9-12(20-13)14-10(2)5-4-6-11(14)17(18)19/h4-6,9,15H,3,7-8H2,1-2H3. The van der Waals surface area contributed by atoms with Gasteiger partial charge in [-0.2, -0.15) is 0 Å². The zero-order valence-corrected chi connectivity index (χ0v) is 11.5. The van der Waals surface area contributed by atoms with E-state index in [4.69, 9.17) is 4.42 Å². The summed E-state index contributed by atoms with van der Waals surface area (Å²) in [7, 11) is 0. The summed E-state index contributed by atoms with van der Waals surface area (Å²) in [6, 6.07) is 4.96. The Morgan fingerprint density at radius 2 is 2.25 bits per heavy atom. The van der Waals surface area contributed by atoms with Crippen molar-refractivity contribution < 1.29 is 9.34 Å². The molecule has 106 valence electrons. The van der Waals surface area contributed by atoms with E-state index in [1.165, 1.54) is 6.07 Å². The molecule has 1 aromatic carbocycles. The van der Waals surface area contributed by atoms with Gasteiger partial charge in [0.05, 0.1) is 16.7 Å². The highest BCUT2D eigenvalue weighted by atomic mass is 16.6. The Labute approximate surface area is 117 Å². The fourth-order valence-corrected chi connectivity index (χ4v) is 2.04. The minimum atomic E-state index is -0.400. The van der Waals surface area contributed by atoms with Gasteiger partial charge in [0.2, 0.25) is 0 Å². The average molecular weight is 275 g/mol. The molecular weight excluding hydrogens is 258 g/mol. The van der Waals surface area contributed by atoms with Crippen LogP contribution in [0.3, 0.4) is 0 Å². The zero-order chi connectivity index (χ0) is 14.5. The van der Waals surface area contributed by atoms with Gasteiger partial charge in [-0.3, -0.25) is 10.1 Å². The second kappa shape index (κ2) is 6.29. The Morgan fingerprint density at radius 3 is 2.95 bits per heavy atom. The van der Waals surface area contributed by atoms with Gasteiger partial charge >= 0.3 is 0 Å². The molecule has 20 heavy (non-hydrogen) atoms. The molecule has 1 N–H and O–H groups in total. The Bertz CT molecular complexity index is 607. The SMILES string of the molecule is CCNCCc1ncc(-c2c(C)cccc2[N+](=O)[O-])o1. The fourth-order valence-electron chi connectivity index (χ4n) is 2.04. The van der Waals surface area contributed by atoms with Crippen molar-refractivity contribution in [2.75, 3.05) is 13.1 Å². The summed E-state index contributed by atoms with van der Waals surface area (Å²) in [6.07, 6.45) is 2.21. The molecule has 0 spiro atoms. The molecule has 0 saturated carbocycles. The van der Waals surface area contributed by atoms with E-state index in [-0.39, 0.29) is 5.69 Å². The quantitative estimate of drug-likeness (QED) is 0.498. The summed E-state index contributed by atoms with van der Waals surface area (Å²) in [4.78, 5) is 14.9. The van der Waals surface area contributed by atoms with Gasteiger partial charge in [-0.15, -0.1) is 0 Å². The predicted octanol–water partition coefficient (Wildman–Crippen LogP) is 2.71. The molecule has 2 rings (SSSR count). The van der Waals surface area contributed by atoms with Gasteiger partial charge in [-0.25, -0.2) is 4.98 Å². The van der Waals surface area contributed by atoms with Gasteiger partial charge in [0.15, 0.2) is 11.7 Å². The number of hydrogen-bond acceptors (Lipinski definition) is 5. The Morgan fingerprint density at radius 1 is 1.45 bits per heavy atom. The number of likely N-dealkylation sites (N-methyl/N-ethyl adjacent to an activating group) is 1. The molecule has 0 unspecified atom stereocenters. The fraction of sp³-hybridized carbons (Fsp3) is 0.357. The molecule has 0 fully saturated rings. The lowest BCUT2D eigenvalue weighted by atomic mass is 10.1. The largest absolute Gasteiger partial charge is 0.440 e. The van der Waals surface area contributed by atoms with Crippen LogP contribution in [0.4, 0.5) is 5.69 Å². The van der Waals surface area contributed by atoms with Gasteiger partial charge in [0, 0.05) is 19.0 Å². The first-order chi connectivity index (χ1) is 9.63. The Hall–Kier alpha value is -2.21. The third kappa shape index (κ3) is 3.03. The number of aryl methyl sites for hydroxylation is 1. The number of hydrogen-bond donors (Lipinski definition) is 1. The summed E-state index contributed by atoms with van der Waals surface area (Å²) >= 11 is 0. The maximum atomic E-state index is 11.1. The first-order valence-electron chi connectivity index (χ1n) is 6.53. The van der Waals surface area contributed by atoms with Crippen LogP contribution in [0.15, 0.2) is 28.8 Å². The summed E-state index contributed by atoms with van der Waals surface area (Å²) in [5.74, 6) is 1.03. The van der Waals surface area contributed by atoms with Crippen molar-refractivity contribution >= 4 is 5.69 Å². The smallest absolute Gasteiger partial charge is 0.280 e. The molecule has 0 radical (unpaired) electrons. The highest BCUT2D eigenvalue weighted by molar-refractivity contribution is 5.72. The van der Waals surface area contributed by atoms with Crippen molar-refractivity contribution in [1.82, 2.24) is 10.3 Å². The molecule has 0 atom stereocenters. The molecule has 1 heterocycles. The van der Waals surface area contributed by atoms with Crippen LogP contribution >= 0.6 is 0 Å². The van der Waals surface area contributed by atoms with Crippen LogP contribution in [0.1, 0.15) is 18.4 Å². The van der Waals surface area contributed by atoms with Crippen LogP contribution in [0.25, 0.3) is 11.3 Å². The number of nitrogens with one attached hydrogen (secondary N) is 1. The lowest BCUT2D eigenvalue weighted by molar-refractivity contribution is -0.384. The van der Waals surface area contributed by atoms with Crippen molar-refractivity contribution in [3.8, 4) is 11.3 Å². The number of nitro benzene ring substituents is 1. The number of nitrogens with zero attached hydrogens (tertiary/aromatic N) is 2. The van der Waals surface area contributed by atoms with E-state index < -0.39 is 4.92 Å². The summed E-state index contributed by atoms with van der Waals surface area (Å²) < 4.78 is 5.63. The van der Waals surface area contributed by atoms with Crippen molar-refractivity contribution in [2.45, 2.75) is 20.3 Å². The van der Waals surface area contributed by atoms with Crippen molar-refractivity contribution in [2.24, 2.45) is 0 Å². The van der Waals surface area contributed by atoms with Gasteiger partial charge < -0.3 is 9.73 Å². The maximum Gasteiger partial charge on any atom is 0.280 e. The monoisotopic (exact) mass is 275 g/mol. The number of nitro groups is 1. The highest BCUT2D eigenvalue weighted by Gasteiger charge is 2.20.